The molecule has 0 unspecified atom stereocenters. The number of nitrogens with one attached hydrogen (secondary N) is 3. The van der Waals surface area contributed by atoms with Crippen LogP contribution in [0.15, 0.2) is 73.4 Å². The summed E-state index contributed by atoms with van der Waals surface area (Å²) in [4.78, 5) is 34.2. The molecule has 3 N–H and O–H groups in total. The predicted octanol–water partition coefficient (Wildman–Crippen LogP) is 6.14. The SMILES string of the molecule is O=C(Nc1cncc(-c2cnc3n[nH]c(-c4nc5c(-c6ccncc6)cccc5[nH]4)c3c2)c1)C1CCCCC1. The van der Waals surface area contributed by atoms with Crippen LogP contribution in [0.5, 0.6) is 0 Å². The van der Waals surface area contributed by atoms with E-state index in [1.54, 1.807) is 31.0 Å². The highest BCUT2D eigenvalue weighted by Gasteiger charge is 2.21. The Kier molecular flexibility index (Phi) is 5.81. The maximum absolute atomic E-state index is 12.8. The summed E-state index contributed by atoms with van der Waals surface area (Å²) < 4.78 is 0. The maximum Gasteiger partial charge on any atom is 0.227 e. The molecule has 5 aromatic heterocycles. The number of anilines is 1. The van der Waals surface area contributed by atoms with Gasteiger partial charge in [-0.2, -0.15) is 5.10 Å². The van der Waals surface area contributed by atoms with E-state index in [1.165, 1.54) is 6.42 Å². The fourth-order valence-electron chi connectivity index (χ4n) is 5.43. The zero-order valence-electron chi connectivity index (χ0n) is 21.2. The number of hydrogen-bond donors (Lipinski definition) is 3. The molecule has 6 aromatic rings. The number of para-hydroxylation sites is 1. The standard InChI is InChI=1S/C30H26N8O/c39-30(19-5-2-1-3-6-19)34-22-13-20(15-32-17-22)21-14-24-27(37-38-28(24)33-16-21)29-35-25-8-4-7-23(26(25)36-29)18-9-11-31-12-10-18/h4,7-17,19H,1-3,5-6H2,(H,34,39)(H,35,36)(H,33,37,38). The molecule has 1 saturated carbocycles. The van der Waals surface area contributed by atoms with Crippen LogP contribution in [-0.4, -0.2) is 41.0 Å². The van der Waals surface area contributed by atoms with Crippen molar-refractivity contribution >= 4 is 33.7 Å². The second-order valence-corrected chi connectivity index (χ2v) is 10.0. The number of fused-ring (bicyclic) bond motifs is 2. The van der Waals surface area contributed by atoms with Gasteiger partial charge in [-0.1, -0.05) is 31.4 Å². The van der Waals surface area contributed by atoms with E-state index < -0.39 is 0 Å². The molecule has 9 heteroatoms. The Morgan fingerprint density at radius 1 is 0.897 bits per heavy atom. The van der Waals surface area contributed by atoms with Gasteiger partial charge in [0.1, 0.15) is 5.69 Å². The third-order valence-corrected chi connectivity index (χ3v) is 7.47. The molecule has 0 bridgehead atoms. The summed E-state index contributed by atoms with van der Waals surface area (Å²) in [5, 5.41) is 11.4. The van der Waals surface area contributed by atoms with E-state index in [-0.39, 0.29) is 11.8 Å². The second-order valence-electron chi connectivity index (χ2n) is 10.0. The van der Waals surface area contributed by atoms with Crippen LogP contribution in [-0.2, 0) is 4.79 Å². The van der Waals surface area contributed by atoms with Crippen LogP contribution in [0.4, 0.5) is 5.69 Å². The average Bonchev–Trinajstić information content (AvgIpc) is 3.62. The highest BCUT2D eigenvalue weighted by molar-refractivity contribution is 5.97. The first-order chi connectivity index (χ1) is 19.2. The van der Waals surface area contributed by atoms with E-state index in [0.717, 1.165) is 70.1 Å². The first-order valence-electron chi connectivity index (χ1n) is 13.2. The van der Waals surface area contributed by atoms with Crippen LogP contribution in [0.2, 0.25) is 0 Å². The molecule has 0 spiro atoms. The number of benzene rings is 1. The van der Waals surface area contributed by atoms with Crippen LogP contribution in [0.3, 0.4) is 0 Å². The van der Waals surface area contributed by atoms with Crippen LogP contribution in [0.25, 0.3) is 55.8 Å². The fourth-order valence-corrected chi connectivity index (χ4v) is 5.43. The van der Waals surface area contributed by atoms with Crippen molar-refractivity contribution in [2.45, 2.75) is 32.1 Å². The molecule has 1 fully saturated rings. The molecule has 1 aliphatic rings. The van der Waals surface area contributed by atoms with E-state index >= 15 is 0 Å². The van der Waals surface area contributed by atoms with Crippen LogP contribution in [0.1, 0.15) is 32.1 Å². The molecule has 0 aliphatic heterocycles. The number of carbonyl (C=O) groups excluding carboxylic acids is 1. The highest BCUT2D eigenvalue weighted by atomic mass is 16.1. The van der Waals surface area contributed by atoms with Crippen molar-refractivity contribution < 1.29 is 4.79 Å². The van der Waals surface area contributed by atoms with Crippen molar-refractivity contribution in [1.29, 1.82) is 0 Å². The Morgan fingerprint density at radius 2 is 1.74 bits per heavy atom. The molecule has 0 atom stereocenters. The number of rotatable bonds is 5. The molecule has 1 amide bonds. The quantitative estimate of drug-likeness (QED) is 0.254. The Bertz CT molecular complexity index is 1800. The summed E-state index contributed by atoms with van der Waals surface area (Å²) >= 11 is 0. The van der Waals surface area contributed by atoms with Gasteiger partial charge < -0.3 is 10.3 Å². The van der Waals surface area contributed by atoms with Gasteiger partial charge in [0.05, 0.1) is 28.3 Å². The summed E-state index contributed by atoms with van der Waals surface area (Å²) in [6, 6.07) is 14.0. The lowest BCUT2D eigenvalue weighted by molar-refractivity contribution is -0.120. The molecule has 0 radical (unpaired) electrons. The van der Waals surface area contributed by atoms with E-state index in [4.69, 9.17) is 4.98 Å². The number of hydrogen-bond acceptors (Lipinski definition) is 6. The van der Waals surface area contributed by atoms with Gasteiger partial charge in [-0.25, -0.2) is 9.97 Å². The highest BCUT2D eigenvalue weighted by Crippen LogP contribution is 2.33. The number of aromatic amines is 2. The Balaban J connectivity index is 1.23. The molecular weight excluding hydrogens is 488 g/mol. The van der Waals surface area contributed by atoms with E-state index in [9.17, 15) is 4.79 Å². The lowest BCUT2D eigenvalue weighted by Crippen LogP contribution is -2.24. The number of pyridine rings is 3. The van der Waals surface area contributed by atoms with Gasteiger partial charge in [0.2, 0.25) is 5.91 Å². The third kappa shape index (κ3) is 4.41. The fraction of sp³-hybridized carbons (Fsp3) is 0.200. The number of amides is 1. The summed E-state index contributed by atoms with van der Waals surface area (Å²) in [6.45, 7) is 0. The van der Waals surface area contributed by atoms with E-state index in [0.29, 0.717) is 17.2 Å². The smallest absolute Gasteiger partial charge is 0.227 e. The van der Waals surface area contributed by atoms with E-state index in [2.05, 4.69) is 41.5 Å². The summed E-state index contributed by atoms with van der Waals surface area (Å²) in [5.74, 6) is 0.840. The first kappa shape index (κ1) is 23.2. The summed E-state index contributed by atoms with van der Waals surface area (Å²) in [6.07, 6.45) is 14.2. The Labute approximate surface area is 224 Å². The van der Waals surface area contributed by atoms with Gasteiger partial charge in [0.25, 0.3) is 0 Å². The minimum Gasteiger partial charge on any atom is -0.337 e. The summed E-state index contributed by atoms with van der Waals surface area (Å²) in [5.41, 5.74) is 7.66. The van der Waals surface area contributed by atoms with Crippen molar-refractivity contribution in [2.24, 2.45) is 5.92 Å². The van der Waals surface area contributed by atoms with Crippen molar-refractivity contribution in [3.8, 4) is 33.8 Å². The number of nitrogens with zero attached hydrogens (tertiary/aromatic N) is 5. The van der Waals surface area contributed by atoms with Gasteiger partial charge >= 0.3 is 0 Å². The largest absolute Gasteiger partial charge is 0.337 e. The number of carbonyl (C=O) groups is 1. The lowest BCUT2D eigenvalue weighted by Gasteiger charge is -2.20. The topological polar surface area (TPSA) is 125 Å². The van der Waals surface area contributed by atoms with Gasteiger partial charge in [0.15, 0.2) is 11.5 Å². The average molecular weight is 515 g/mol. The van der Waals surface area contributed by atoms with Crippen LogP contribution in [0, 0.1) is 5.92 Å². The van der Waals surface area contributed by atoms with Crippen molar-refractivity contribution in [2.75, 3.05) is 5.32 Å². The van der Waals surface area contributed by atoms with Gasteiger partial charge in [-0.3, -0.25) is 19.9 Å². The number of imidazole rings is 1. The molecule has 5 heterocycles. The maximum atomic E-state index is 12.8. The monoisotopic (exact) mass is 514 g/mol. The van der Waals surface area contributed by atoms with Crippen molar-refractivity contribution in [1.82, 2.24) is 35.1 Å². The van der Waals surface area contributed by atoms with Crippen molar-refractivity contribution in [3.63, 3.8) is 0 Å². The predicted molar refractivity (Wildman–Crippen MR) is 151 cm³/mol. The molecule has 9 nitrogen and oxygen atoms in total. The minimum atomic E-state index is 0.0790. The molecule has 1 aliphatic carbocycles. The molecule has 0 saturated heterocycles. The molecule has 1 aromatic carbocycles. The minimum absolute atomic E-state index is 0.0790. The van der Waals surface area contributed by atoms with Crippen molar-refractivity contribution in [3.05, 3.63) is 73.4 Å². The third-order valence-electron chi connectivity index (χ3n) is 7.47. The van der Waals surface area contributed by atoms with Gasteiger partial charge in [-0.15, -0.1) is 0 Å². The van der Waals surface area contributed by atoms with E-state index in [1.807, 2.05) is 36.4 Å². The molecule has 7 rings (SSSR count). The van der Waals surface area contributed by atoms with Gasteiger partial charge in [0, 0.05) is 47.4 Å². The molecular formula is C30H26N8O. The number of aromatic nitrogens is 7. The van der Waals surface area contributed by atoms with Crippen LogP contribution >= 0.6 is 0 Å². The molecule has 192 valence electrons. The lowest BCUT2D eigenvalue weighted by atomic mass is 9.88. The summed E-state index contributed by atoms with van der Waals surface area (Å²) in [7, 11) is 0. The van der Waals surface area contributed by atoms with Gasteiger partial charge in [-0.05, 0) is 48.7 Å². The normalized spacial score (nSPS) is 14.2. The zero-order valence-corrected chi connectivity index (χ0v) is 21.2. The number of H-pyrrole nitrogens is 2. The second kappa shape index (κ2) is 9.75. The Hall–Kier alpha value is -4.92. The molecule has 39 heavy (non-hydrogen) atoms. The first-order valence-corrected chi connectivity index (χ1v) is 13.2. The zero-order chi connectivity index (χ0) is 26.2. The Morgan fingerprint density at radius 3 is 2.62 bits per heavy atom. The van der Waals surface area contributed by atoms with Crippen LogP contribution < -0.4 is 5.32 Å².